The van der Waals surface area contributed by atoms with Gasteiger partial charge < -0.3 is 0 Å². The maximum atomic E-state index is 12.3. The molecule has 0 unspecified atom stereocenters. The lowest BCUT2D eigenvalue weighted by molar-refractivity contribution is 0.0940. The van der Waals surface area contributed by atoms with Crippen LogP contribution in [0.1, 0.15) is 16.1 Å². The molecule has 0 aliphatic rings. The standard InChI is InChI=1S/C17H14BrN3O3S/c1-11-6-9-16(13(18)10-11)25(23,24)21-20-17(22)15-8-7-12-4-2-3-5-14(12)19-15/h2-10,21H,1H3,(H,20,22). The number of sulfonamides is 1. The number of fused-ring (bicyclic) bond motifs is 1. The summed E-state index contributed by atoms with van der Waals surface area (Å²) in [4.78, 5) is 18.5. The van der Waals surface area contributed by atoms with Crippen LogP contribution in [0, 0.1) is 6.92 Å². The number of nitrogens with zero attached hydrogens (tertiary/aromatic N) is 1. The summed E-state index contributed by atoms with van der Waals surface area (Å²) < 4.78 is 25.1. The van der Waals surface area contributed by atoms with Crippen LogP contribution in [0.15, 0.2) is 64.0 Å². The highest BCUT2D eigenvalue weighted by Gasteiger charge is 2.19. The topological polar surface area (TPSA) is 88.2 Å². The maximum absolute atomic E-state index is 12.3. The van der Waals surface area contributed by atoms with Crippen molar-refractivity contribution >= 4 is 42.8 Å². The molecule has 0 atom stereocenters. The number of amides is 1. The smallest absolute Gasteiger partial charge is 0.272 e. The van der Waals surface area contributed by atoms with E-state index in [2.05, 4.69) is 31.2 Å². The molecule has 8 heteroatoms. The van der Waals surface area contributed by atoms with Gasteiger partial charge in [-0.1, -0.05) is 30.3 Å². The first kappa shape index (κ1) is 17.5. The molecule has 0 spiro atoms. The van der Waals surface area contributed by atoms with E-state index in [1.165, 1.54) is 12.1 Å². The van der Waals surface area contributed by atoms with Crippen molar-refractivity contribution in [2.45, 2.75) is 11.8 Å². The molecule has 2 aromatic carbocycles. The Balaban J connectivity index is 1.78. The number of benzene rings is 2. The Kier molecular flexibility index (Phi) is 4.85. The van der Waals surface area contributed by atoms with Crippen molar-refractivity contribution in [1.29, 1.82) is 0 Å². The van der Waals surface area contributed by atoms with Crippen LogP contribution in [0.2, 0.25) is 0 Å². The zero-order chi connectivity index (χ0) is 18.0. The van der Waals surface area contributed by atoms with E-state index in [1.807, 2.05) is 25.1 Å². The first-order valence-electron chi connectivity index (χ1n) is 7.31. The molecule has 128 valence electrons. The molecule has 25 heavy (non-hydrogen) atoms. The second kappa shape index (κ2) is 6.91. The fraction of sp³-hybridized carbons (Fsp3) is 0.0588. The summed E-state index contributed by atoms with van der Waals surface area (Å²) in [5.74, 6) is -0.641. The van der Waals surface area contributed by atoms with E-state index < -0.39 is 15.9 Å². The third-order valence-electron chi connectivity index (χ3n) is 3.51. The SMILES string of the molecule is Cc1ccc(S(=O)(=O)NNC(=O)c2ccc3ccccc3n2)c(Br)c1. The van der Waals surface area contributed by atoms with Gasteiger partial charge in [0.1, 0.15) is 5.69 Å². The molecule has 6 nitrogen and oxygen atoms in total. The Hall–Kier alpha value is -2.29. The van der Waals surface area contributed by atoms with Gasteiger partial charge >= 0.3 is 0 Å². The maximum Gasteiger partial charge on any atom is 0.284 e. The first-order chi connectivity index (χ1) is 11.9. The van der Waals surface area contributed by atoms with Crippen LogP contribution in [0.3, 0.4) is 0 Å². The van der Waals surface area contributed by atoms with E-state index in [0.717, 1.165) is 10.9 Å². The van der Waals surface area contributed by atoms with Crippen molar-refractivity contribution in [2.75, 3.05) is 0 Å². The molecule has 0 fully saturated rings. The van der Waals surface area contributed by atoms with Gasteiger partial charge in [-0.2, -0.15) is 0 Å². The zero-order valence-electron chi connectivity index (χ0n) is 13.2. The van der Waals surface area contributed by atoms with Gasteiger partial charge in [-0.3, -0.25) is 10.2 Å². The largest absolute Gasteiger partial charge is 0.284 e. The molecule has 0 aliphatic heterocycles. The summed E-state index contributed by atoms with van der Waals surface area (Å²) in [7, 11) is -3.91. The minimum atomic E-state index is -3.91. The number of hydrogen-bond donors (Lipinski definition) is 2. The van der Waals surface area contributed by atoms with Crippen LogP contribution in [-0.4, -0.2) is 19.3 Å². The molecule has 3 aromatic rings. The molecule has 0 saturated heterocycles. The Bertz CT molecular complexity index is 1070. The van der Waals surface area contributed by atoms with Gasteiger partial charge in [-0.25, -0.2) is 13.4 Å². The molecular formula is C17H14BrN3O3S. The molecule has 3 rings (SSSR count). The Morgan fingerprint density at radius 1 is 1.08 bits per heavy atom. The third kappa shape index (κ3) is 3.87. The first-order valence-corrected chi connectivity index (χ1v) is 9.58. The van der Waals surface area contributed by atoms with Crippen molar-refractivity contribution < 1.29 is 13.2 Å². The Morgan fingerprint density at radius 2 is 1.84 bits per heavy atom. The number of hydrogen-bond acceptors (Lipinski definition) is 4. The van der Waals surface area contributed by atoms with Crippen molar-refractivity contribution in [3.05, 3.63) is 70.3 Å². The van der Waals surface area contributed by atoms with Crippen molar-refractivity contribution in [1.82, 2.24) is 15.2 Å². The number of aryl methyl sites for hydroxylation is 1. The summed E-state index contributed by atoms with van der Waals surface area (Å²) >= 11 is 3.22. The van der Waals surface area contributed by atoms with E-state index in [1.54, 1.807) is 24.3 Å². The highest BCUT2D eigenvalue weighted by Crippen LogP contribution is 2.22. The van der Waals surface area contributed by atoms with E-state index >= 15 is 0 Å². The normalized spacial score (nSPS) is 11.4. The predicted molar refractivity (Wildman–Crippen MR) is 98.4 cm³/mol. The molecule has 0 saturated carbocycles. The summed E-state index contributed by atoms with van der Waals surface area (Å²) in [5, 5.41) is 0.892. The molecule has 0 aliphatic carbocycles. The van der Waals surface area contributed by atoms with Gasteiger partial charge in [0.05, 0.1) is 10.4 Å². The number of hydrazine groups is 1. The molecule has 0 radical (unpaired) electrons. The molecule has 1 amide bonds. The predicted octanol–water partition coefficient (Wildman–Crippen LogP) is 2.93. The molecular weight excluding hydrogens is 406 g/mol. The molecule has 1 aromatic heterocycles. The molecule has 1 heterocycles. The number of carbonyl (C=O) groups is 1. The highest BCUT2D eigenvalue weighted by molar-refractivity contribution is 9.10. The van der Waals surface area contributed by atoms with Gasteiger partial charge in [0.2, 0.25) is 0 Å². The summed E-state index contributed by atoms with van der Waals surface area (Å²) in [6, 6.07) is 15.4. The molecule has 2 N–H and O–H groups in total. The van der Waals surface area contributed by atoms with Crippen molar-refractivity contribution in [3.8, 4) is 0 Å². The van der Waals surface area contributed by atoms with Crippen LogP contribution in [0.5, 0.6) is 0 Å². The van der Waals surface area contributed by atoms with Gasteiger partial charge in [0.15, 0.2) is 0 Å². The number of carbonyl (C=O) groups excluding carboxylic acids is 1. The minimum absolute atomic E-state index is 0.0323. The zero-order valence-corrected chi connectivity index (χ0v) is 15.6. The average Bonchev–Trinajstić information content (AvgIpc) is 2.59. The molecule has 0 bridgehead atoms. The van der Waals surface area contributed by atoms with Crippen LogP contribution in [0.4, 0.5) is 0 Å². The van der Waals surface area contributed by atoms with E-state index in [0.29, 0.717) is 9.99 Å². The Morgan fingerprint density at radius 3 is 2.60 bits per heavy atom. The highest BCUT2D eigenvalue weighted by atomic mass is 79.9. The van der Waals surface area contributed by atoms with Gasteiger partial charge in [0.25, 0.3) is 15.9 Å². The lowest BCUT2D eigenvalue weighted by Crippen LogP contribution is -2.41. The number of halogens is 1. The van der Waals surface area contributed by atoms with E-state index in [4.69, 9.17) is 0 Å². The second-order valence-electron chi connectivity index (χ2n) is 5.38. The minimum Gasteiger partial charge on any atom is -0.272 e. The van der Waals surface area contributed by atoms with Crippen LogP contribution in [0.25, 0.3) is 10.9 Å². The van der Waals surface area contributed by atoms with E-state index in [-0.39, 0.29) is 10.6 Å². The van der Waals surface area contributed by atoms with Crippen LogP contribution < -0.4 is 10.3 Å². The summed E-state index contributed by atoms with van der Waals surface area (Å²) in [5.41, 5.74) is 3.86. The monoisotopic (exact) mass is 419 g/mol. The van der Waals surface area contributed by atoms with Crippen molar-refractivity contribution in [3.63, 3.8) is 0 Å². The number of para-hydroxylation sites is 1. The number of pyridine rings is 1. The van der Waals surface area contributed by atoms with Crippen LogP contribution >= 0.6 is 15.9 Å². The third-order valence-corrected chi connectivity index (χ3v) is 5.73. The lowest BCUT2D eigenvalue weighted by Gasteiger charge is -2.10. The van der Waals surface area contributed by atoms with Crippen molar-refractivity contribution in [2.24, 2.45) is 0 Å². The number of rotatable bonds is 4. The lowest BCUT2D eigenvalue weighted by atomic mass is 10.2. The fourth-order valence-electron chi connectivity index (χ4n) is 2.25. The summed E-state index contributed by atoms with van der Waals surface area (Å²) in [6.45, 7) is 1.85. The van der Waals surface area contributed by atoms with Crippen LogP contribution in [-0.2, 0) is 10.0 Å². The second-order valence-corrected chi connectivity index (χ2v) is 7.89. The number of aromatic nitrogens is 1. The van der Waals surface area contributed by atoms with E-state index in [9.17, 15) is 13.2 Å². The van der Waals surface area contributed by atoms with Gasteiger partial charge in [0, 0.05) is 9.86 Å². The fourth-order valence-corrected chi connectivity index (χ4v) is 4.28. The van der Waals surface area contributed by atoms with Gasteiger partial charge in [-0.05, 0) is 52.7 Å². The Labute approximate surface area is 153 Å². The average molecular weight is 420 g/mol. The quantitative estimate of drug-likeness (QED) is 0.636. The summed E-state index contributed by atoms with van der Waals surface area (Å²) in [6.07, 6.45) is 0. The van der Waals surface area contributed by atoms with Gasteiger partial charge in [-0.15, -0.1) is 4.83 Å². The number of nitrogens with one attached hydrogen (secondary N) is 2.